The maximum atomic E-state index is 5.64. The van der Waals surface area contributed by atoms with Crippen molar-refractivity contribution in [2.45, 2.75) is 13.8 Å². The number of aryl methyl sites for hydroxylation is 2. The molecule has 2 nitrogen and oxygen atoms in total. The van der Waals surface area contributed by atoms with Gasteiger partial charge in [0.05, 0.1) is 0 Å². The van der Waals surface area contributed by atoms with Gasteiger partial charge in [-0.2, -0.15) is 0 Å². The second-order valence-corrected chi connectivity index (χ2v) is 3.89. The lowest BCUT2D eigenvalue weighted by Gasteiger charge is -2.09. The fraction of sp³-hybridized carbons (Fsp3) is 0.385. The first-order valence-corrected chi connectivity index (χ1v) is 5.14. The van der Waals surface area contributed by atoms with Crippen LogP contribution in [0.3, 0.4) is 0 Å². The zero-order valence-electron chi connectivity index (χ0n) is 9.76. The molecule has 0 amide bonds. The molecule has 0 fully saturated rings. The number of likely N-dealkylation sites (N-methyl/N-ethyl adjacent to an activating group) is 1. The molecule has 82 valence electrons. The third kappa shape index (κ3) is 4.17. The van der Waals surface area contributed by atoms with E-state index in [1.807, 2.05) is 19.2 Å². The van der Waals surface area contributed by atoms with E-state index in [0.29, 0.717) is 6.61 Å². The monoisotopic (exact) mass is 205 g/mol. The molecule has 1 rings (SSSR count). The van der Waals surface area contributed by atoms with Crippen LogP contribution in [-0.4, -0.2) is 20.2 Å². The SMILES string of the molecule is C=C(CNC)COc1cc(C)cc(C)c1. The van der Waals surface area contributed by atoms with Crippen LogP contribution in [0, 0.1) is 13.8 Å². The quantitative estimate of drug-likeness (QED) is 0.746. The van der Waals surface area contributed by atoms with Crippen LogP contribution in [0.15, 0.2) is 30.4 Å². The summed E-state index contributed by atoms with van der Waals surface area (Å²) in [4.78, 5) is 0. The van der Waals surface area contributed by atoms with Crippen LogP contribution in [0.1, 0.15) is 11.1 Å². The predicted octanol–water partition coefficient (Wildman–Crippen LogP) is 2.46. The molecule has 0 saturated carbocycles. The molecule has 0 atom stereocenters. The second-order valence-electron chi connectivity index (χ2n) is 3.89. The molecule has 0 spiro atoms. The Morgan fingerprint density at radius 1 is 1.27 bits per heavy atom. The maximum Gasteiger partial charge on any atom is 0.120 e. The summed E-state index contributed by atoms with van der Waals surface area (Å²) in [5.74, 6) is 0.921. The molecule has 15 heavy (non-hydrogen) atoms. The van der Waals surface area contributed by atoms with Gasteiger partial charge in [0, 0.05) is 6.54 Å². The molecule has 0 radical (unpaired) electrons. The van der Waals surface area contributed by atoms with E-state index < -0.39 is 0 Å². The van der Waals surface area contributed by atoms with Crippen LogP contribution in [0.2, 0.25) is 0 Å². The van der Waals surface area contributed by atoms with Crippen LogP contribution in [-0.2, 0) is 0 Å². The predicted molar refractivity (Wildman–Crippen MR) is 64.5 cm³/mol. The summed E-state index contributed by atoms with van der Waals surface area (Å²) in [5.41, 5.74) is 3.50. The van der Waals surface area contributed by atoms with Gasteiger partial charge in [0.2, 0.25) is 0 Å². The van der Waals surface area contributed by atoms with E-state index in [2.05, 4.69) is 31.8 Å². The van der Waals surface area contributed by atoms with Gasteiger partial charge in [0.1, 0.15) is 12.4 Å². The lowest BCUT2D eigenvalue weighted by Crippen LogP contribution is -2.14. The topological polar surface area (TPSA) is 21.3 Å². The molecular weight excluding hydrogens is 186 g/mol. The van der Waals surface area contributed by atoms with Gasteiger partial charge in [-0.15, -0.1) is 0 Å². The van der Waals surface area contributed by atoms with Gasteiger partial charge < -0.3 is 10.1 Å². The fourth-order valence-corrected chi connectivity index (χ4v) is 1.50. The van der Waals surface area contributed by atoms with E-state index in [1.54, 1.807) is 0 Å². The van der Waals surface area contributed by atoms with E-state index >= 15 is 0 Å². The van der Waals surface area contributed by atoms with Gasteiger partial charge in [0.15, 0.2) is 0 Å². The average molecular weight is 205 g/mol. The number of nitrogens with one attached hydrogen (secondary N) is 1. The van der Waals surface area contributed by atoms with Crippen molar-refractivity contribution in [3.05, 3.63) is 41.5 Å². The summed E-state index contributed by atoms with van der Waals surface area (Å²) < 4.78 is 5.64. The summed E-state index contributed by atoms with van der Waals surface area (Å²) in [5, 5.41) is 3.05. The Morgan fingerprint density at radius 3 is 2.40 bits per heavy atom. The number of ether oxygens (including phenoxy) is 1. The first kappa shape index (κ1) is 11.8. The molecule has 0 aliphatic carbocycles. The molecule has 1 aromatic rings. The highest BCUT2D eigenvalue weighted by Gasteiger charge is 1.98. The van der Waals surface area contributed by atoms with Crippen molar-refractivity contribution in [2.24, 2.45) is 0 Å². The normalized spacial score (nSPS) is 10.1. The number of hydrogen-bond acceptors (Lipinski definition) is 2. The zero-order chi connectivity index (χ0) is 11.3. The molecule has 1 aromatic carbocycles. The molecule has 0 unspecified atom stereocenters. The molecule has 2 heteroatoms. The summed E-state index contributed by atoms with van der Waals surface area (Å²) in [7, 11) is 1.90. The minimum absolute atomic E-state index is 0.573. The molecule has 0 aliphatic heterocycles. The average Bonchev–Trinajstić information content (AvgIpc) is 2.14. The third-order valence-electron chi connectivity index (χ3n) is 2.06. The smallest absolute Gasteiger partial charge is 0.120 e. The Kier molecular flexibility index (Phi) is 4.37. The van der Waals surface area contributed by atoms with Gasteiger partial charge in [-0.25, -0.2) is 0 Å². The highest BCUT2D eigenvalue weighted by Crippen LogP contribution is 2.16. The van der Waals surface area contributed by atoms with Gasteiger partial charge in [0.25, 0.3) is 0 Å². The van der Waals surface area contributed by atoms with Crippen molar-refractivity contribution < 1.29 is 4.74 Å². The maximum absolute atomic E-state index is 5.64. The Hall–Kier alpha value is -1.28. The Balaban J connectivity index is 2.54. The lowest BCUT2D eigenvalue weighted by atomic mass is 10.1. The van der Waals surface area contributed by atoms with Crippen molar-refractivity contribution in [3.8, 4) is 5.75 Å². The highest BCUT2D eigenvalue weighted by molar-refractivity contribution is 5.33. The fourth-order valence-electron chi connectivity index (χ4n) is 1.50. The minimum atomic E-state index is 0.573. The first-order valence-electron chi connectivity index (χ1n) is 5.14. The van der Waals surface area contributed by atoms with E-state index in [-0.39, 0.29) is 0 Å². The van der Waals surface area contributed by atoms with Crippen LogP contribution in [0.4, 0.5) is 0 Å². The van der Waals surface area contributed by atoms with Gasteiger partial charge >= 0.3 is 0 Å². The van der Waals surface area contributed by atoms with Crippen LogP contribution < -0.4 is 10.1 Å². The highest BCUT2D eigenvalue weighted by atomic mass is 16.5. The molecule has 1 N–H and O–H groups in total. The van der Waals surface area contributed by atoms with Crippen LogP contribution in [0.25, 0.3) is 0 Å². The summed E-state index contributed by atoms with van der Waals surface area (Å²) in [6.07, 6.45) is 0. The first-order chi connectivity index (χ1) is 7.11. The molecule has 0 bridgehead atoms. The Morgan fingerprint density at radius 2 is 1.87 bits per heavy atom. The molecular formula is C13H19NO. The molecule has 0 heterocycles. The second kappa shape index (κ2) is 5.56. The van der Waals surface area contributed by atoms with Gasteiger partial charge in [-0.05, 0) is 49.7 Å². The van der Waals surface area contributed by atoms with Gasteiger partial charge in [-0.1, -0.05) is 12.6 Å². The van der Waals surface area contributed by atoms with E-state index in [9.17, 15) is 0 Å². The molecule has 0 saturated heterocycles. The van der Waals surface area contributed by atoms with Crippen molar-refractivity contribution in [1.29, 1.82) is 0 Å². The third-order valence-corrected chi connectivity index (χ3v) is 2.06. The molecule has 0 aromatic heterocycles. The van der Waals surface area contributed by atoms with E-state index in [4.69, 9.17) is 4.74 Å². The zero-order valence-corrected chi connectivity index (χ0v) is 9.76. The van der Waals surface area contributed by atoms with Crippen molar-refractivity contribution in [1.82, 2.24) is 5.32 Å². The van der Waals surface area contributed by atoms with Crippen LogP contribution >= 0.6 is 0 Å². The number of rotatable bonds is 5. The van der Waals surface area contributed by atoms with Gasteiger partial charge in [-0.3, -0.25) is 0 Å². The van der Waals surface area contributed by atoms with Crippen molar-refractivity contribution in [3.63, 3.8) is 0 Å². The largest absolute Gasteiger partial charge is 0.489 e. The lowest BCUT2D eigenvalue weighted by molar-refractivity contribution is 0.348. The minimum Gasteiger partial charge on any atom is -0.489 e. The summed E-state index contributed by atoms with van der Waals surface area (Å²) >= 11 is 0. The number of hydrogen-bond donors (Lipinski definition) is 1. The summed E-state index contributed by atoms with van der Waals surface area (Å²) in [6.45, 7) is 9.43. The van der Waals surface area contributed by atoms with E-state index in [1.165, 1.54) is 11.1 Å². The van der Waals surface area contributed by atoms with Crippen molar-refractivity contribution in [2.75, 3.05) is 20.2 Å². The van der Waals surface area contributed by atoms with Crippen molar-refractivity contribution >= 4 is 0 Å². The Labute approximate surface area is 92.0 Å². The van der Waals surface area contributed by atoms with Crippen LogP contribution in [0.5, 0.6) is 5.75 Å². The van der Waals surface area contributed by atoms with E-state index in [0.717, 1.165) is 17.9 Å². The summed E-state index contributed by atoms with van der Waals surface area (Å²) in [6, 6.07) is 6.22. The standard InChI is InChI=1S/C13H19NO/c1-10-5-11(2)7-13(6-10)15-9-12(3)8-14-4/h5-7,14H,3,8-9H2,1-2,4H3. The Bertz CT molecular complexity index is 324. The number of benzene rings is 1. The molecule has 0 aliphatic rings.